The molecular weight excluding hydrogens is 525 g/mol. The van der Waals surface area contributed by atoms with Gasteiger partial charge in [0.05, 0.1) is 17.5 Å². The Bertz CT molecular complexity index is 1290. The zero-order valence-electron chi connectivity index (χ0n) is 20.7. The van der Waals surface area contributed by atoms with Gasteiger partial charge < -0.3 is 29.9 Å². The summed E-state index contributed by atoms with van der Waals surface area (Å²) in [5, 5.41) is 5.93. The number of hydrogen-bond donors (Lipinski definition) is 2. The lowest BCUT2D eigenvalue weighted by Gasteiger charge is -2.46. The minimum atomic E-state index is -4.43. The number of amides is 1. The number of ether oxygens (including phenoxy) is 2. The molecule has 1 atom stereocenters. The highest BCUT2D eigenvalue weighted by molar-refractivity contribution is 6.32. The fraction of sp³-hybridized carbons (Fsp3) is 0.400. The molecule has 0 spiro atoms. The Labute approximate surface area is 222 Å². The maximum atomic E-state index is 13.7. The number of anilines is 1. The molecule has 2 aromatic rings. The van der Waals surface area contributed by atoms with Crippen LogP contribution >= 0.6 is 11.6 Å². The minimum Gasteiger partial charge on any atom is -0.483 e. The Hall–Kier alpha value is -3.51. The van der Waals surface area contributed by atoms with Crippen molar-refractivity contribution in [3.63, 3.8) is 0 Å². The van der Waals surface area contributed by atoms with Crippen LogP contribution in [0.4, 0.5) is 19.0 Å². The van der Waals surface area contributed by atoms with Crippen LogP contribution in [0.1, 0.15) is 16.8 Å². The first-order valence-corrected chi connectivity index (χ1v) is 12.4. The van der Waals surface area contributed by atoms with E-state index in [0.29, 0.717) is 43.5 Å². The smallest absolute Gasteiger partial charge is 0.395 e. The molecular formula is C25H26ClF3N6O3. The van der Waals surface area contributed by atoms with E-state index in [1.807, 2.05) is 23.9 Å². The second kappa shape index (κ2) is 10.3. The van der Waals surface area contributed by atoms with Crippen molar-refractivity contribution < 1.29 is 27.4 Å². The van der Waals surface area contributed by atoms with Gasteiger partial charge in [0.2, 0.25) is 5.75 Å². The van der Waals surface area contributed by atoms with E-state index in [0.717, 1.165) is 0 Å². The Morgan fingerprint density at radius 1 is 1.29 bits per heavy atom. The van der Waals surface area contributed by atoms with Crippen LogP contribution in [0.3, 0.4) is 0 Å². The van der Waals surface area contributed by atoms with Crippen LogP contribution in [-0.2, 0) is 0 Å². The number of nitrogens with zero attached hydrogens (tertiary/aromatic N) is 4. The van der Waals surface area contributed by atoms with Crippen molar-refractivity contribution >= 4 is 23.3 Å². The van der Waals surface area contributed by atoms with E-state index in [-0.39, 0.29) is 40.4 Å². The van der Waals surface area contributed by atoms with Crippen LogP contribution in [-0.4, -0.2) is 78.2 Å². The first kappa shape index (κ1) is 26.1. The van der Waals surface area contributed by atoms with Crippen LogP contribution < -0.4 is 20.1 Å². The molecule has 0 saturated carbocycles. The molecule has 3 aliphatic rings. The molecule has 1 amide bonds. The molecule has 1 unspecified atom stereocenters. The van der Waals surface area contributed by atoms with Crippen molar-refractivity contribution in [2.24, 2.45) is 5.92 Å². The molecule has 3 heterocycles. The third kappa shape index (κ3) is 5.51. The van der Waals surface area contributed by atoms with Crippen molar-refractivity contribution in [3.05, 3.63) is 58.7 Å². The molecule has 2 aliphatic heterocycles. The highest BCUT2D eigenvalue weighted by atomic mass is 35.5. The average molecular weight is 551 g/mol. The number of hydrogen-bond acceptors (Lipinski definition) is 8. The van der Waals surface area contributed by atoms with Gasteiger partial charge in [0.25, 0.3) is 11.8 Å². The van der Waals surface area contributed by atoms with Gasteiger partial charge in [-0.2, -0.15) is 18.2 Å². The number of aromatic nitrogens is 2. The third-order valence-corrected chi connectivity index (χ3v) is 6.91. The molecule has 38 heavy (non-hydrogen) atoms. The van der Waals surface area contributed by atoms with E-state index in [1.165, 1.54) is 30.6 Å². The summed E-state index contributed by atoms with van der Waals surface area (Å²) in [6, 6.07) is 4.61. The Balaban J connectivity index is 1.34. The largest absolute Gasteiger partial charge is 0.483 e. The van der Waals surface area contributed by atoms with Gasteiger partial charge in [-0.3, -0.25) is 4.79 Å². The number of rotatable bonds is 6. The van der Waals surface area contributed by atoms with Crippen LogP contribution in [0.25, 0.3) is 0 Å². The number of carbonyl (C=O) groups excluding carboxylic acids is 1. The molecule has 1 aromatic carbocycles. The zero-order valence-corrected chi connectivity index (χ0v) is 21.4. The Morgan fingerprint density at radius 2 is 2.08 bits per heavy atom. The van der Waals surface area contributed by atoms with E-state index in [4.69, 9.17) is 21.1 Å². The number of nitrogens with one attached hydrogen (secondary N) is 2. The third-order valence-electron chi connectivity index (χ3n) is 6.60. The van der Waals surface area contributed by atoms with Crippen molar-refractivity contribution in [1.82, 2.24) is 25.1 Å². The number of halogens is 4. The number of benzene rings is 1. The summed E-state index contributed by atoms with van der Waals surface area (Å²) >= 11 is 6.30. The van der Waals surface area contributed by atoms with E-state index in [9.17, 15) is 18.0 Å². The van der Waals surface area contributed by atoms with Gasteiger partial charge >= 0.3 is 6.18 Å². The number of likely N-dealkylation sites (tertiary alicyclic amines) is 1. The van der Waals surface area contributed by atoms with Crippen molar-refractivity contribution in [2.45, 2.75) is 18.6 Å². The minimum absolute atomic E-state index is 0.116. The van der Waals surface area contributed by atoms with E-state index >= 15 is 0 Å². The summed E-state index contributed by atoms with van der Waals surface area (Å²) in [5.41, 5.74) is 0.794. The number of alkyl halides is 3. The topological polar surface area (TPSA) is 91.9 Å². The standard InChI is InChI=1S/C25H26ClF3N6O3/c1-34(2)18-11-35(12-18)17-9-15(25(27,28)29)8-16(10-17)33-23(36)14-3-4-19(26)20(7-14)38-24-21-22(31-13-32-24)30-5-6-37-21/h3-4,7,9-10,13,15,18H,5-6,8,11-12H2,1-2H3,(H,33,36)(H,30,31,32). The second-order valence-electron chi connectivity index (χ2n) is 9.47. The molecule has 0 radical (unpaired) electrons. The van der Waals surface area contributed by atoms with Crippen LogP contribution in [0.5, 0.6) is 17.4 Å². The lowest BCUT2D eigenvalue weighted by Crippen LogP contribution is -2.56. The highest BCUT2D eigenvalue weighted by Gasteiger charge is 2.42. The molecule has 13 heteroatoms. The van der Waals surface area contributed by atoms with Crippen LogP contribution in [0, 0.1) is 5.92 Å². The molecule has 1 fully saturated rings. The molecule has 1 aliphatic carbocycles. The molecule has 1 saturated heterocycles. The second-order valence-corrected chi connectivity index (χ2v) is 9.88. The predicted molar refractivity (Wildman–Crippen MR) is 134 cm³/mol. The normalized spacial score (nSPS) is 19.4. The maximum absolute atomic E-state index is 13.7. The molecule has 9 nitrogen and oxygen atoms in total. The fourth-order valence-electron chi connectivity index (χ4n) is 4.33. The quantitative estimate of drug-likeness (QED) is 0.557. The zero-order chi connectivity index (χ0) is 27.0. The van der Waals surface area contributed by atoms with E-state index in [1.54, 1.807) is 6.08 Å². The van der Waals surface area contributed by atoms with Gasteiger partial charge in [0.1, 0.15) is 18.7 Å². The molecule has 202 valence electrons. The van der Waals surface area contributed by atoms with Gasteiger partial charge in [-0.05, 0) is 44.4 Å². The number of fused-ring (bicyclic) bond motifs is 1. The summed E-state index contributed by atoms with van der Waals surface area (Å²) in [4.78, 5) is 25.2. The molecule has 5 rings (SSSR count). The Morgan fingerprint density at radius 3 is 2.82 bits per heavy atom. The number of allylic oxidation sites excluding steroid dienone is 3. The molecule has 0 bridgehead atoms. The SMILES string of the molecule is CN(C)C1CN(C2=CC(C(F)(F)F)CC(NC(=O)c3ccc(Cl)c(Oc4ncnc5c4OCCN5)c3)=C2)C1. The van der Waals surface area contributed by atoms with Crippen LogP contribution in [0.15, 0.2) is 48.1 Å². The lowest BCUT2D eigenvalue weighted by molar-refractivity contribution is -0.161. The summed E-state index contributed by atoms with van der Waals surface area (Å²) < 4.78 is 52.5. The van der Waals surface area contributed by atoms with Gasteiger partial charge in [0, 0.05) is 42.5 Å². The summed E-state index contributed by atoms with van der Waals surface area (Å²) in [6.07, 6.45) is -0.656. The number of carbonyl (C=O) groups is 1. The first-order valence-electron chi connectivity index (χ1n) is 12.0. The van der Waals surface area contributed by atoms with Crippen molar-refractivity contribution in [1.29, 1.82) is 0 Å². The van der Waals surface area contributed by atoms with Crippen molar-refractivity contribution in [2.75, 3.05) is 45.7 Å². The lowest BCUT2D eigenvalue weighted by atomic mass is 9.93. The van der Waals surface area contributed by atoms with E-state index in [2.05, 4.69) is 20.6 Å². The molecule has 2 N–H and O–H groups in total. The van der Waals surface area contributed by atoms with Gasteiger partial charge in [-0.15, -0.1) is 0 Å². The predicted octanol–water partition coefficient (Wildman–Crippen LogP) is 4.05. The summed E-state index contributed by atoms with van der Waals surface area (Å²) in [6.45, 7) is 2.20. The van der Waals surface area contributed by atoms with E-state index < -0.39 is 18.0 Å². The molecule has 1 aromatic heterocycles. The maximum Gasteiger partial charge on any atom is 0.395 e. The monoisotopic (exact) mass is 550 g/mol. The van der Waals surface area contributed by atoms with Crippen LogP contribution in [0.2, 0.25) is 5.02 Å². The Kier molecular flexibility index (Phi) is 7.10. The van der Waals surface area contributed by atoms with Gasteiger partial charge in [0.15, 0.2) is 5.82 Å². The van der Waals surface area contributed by atoms with Gasteiger partial charge in [-0.25, -0.2) is 4.98 Å². The summed E-state index contributed by atoms with van der Waals surface area (Å²) in [7, 11) is 3.87. The first-order chi connectivity index (χ1) is 18.1. The summed E-state index contributed by atoms with van der Waals surface area (Å²) in [5.74, 6) is -1.24. The number of likely N-dealkylation sites (N-methyl/N-ethyl adjacent to an activating group) is 1. The highest BCUT2D eigenvalue weighted by Crippen LogP contribution is 2.39. The fourth-order valence-corrected chi connectivity index (χ4v) is 4.48. The van der Waals surface area contributed by atoms with Crippen molar-refractivity contribution in [3.8, 4) is 17.4 Å². The average Bonchev–Trinajstić information content (AvgIpc) is 2.84. The van der Waals surface area contributed by atoms with Gasteiger partial charge in [-0.1, -0.05) is 11.6 Å².